The second-order valence-corrected chi connectivity index (χ2v) is 3.02. The van der Waals surface area contributed by atoms with Gasteiger partial charge >= 0.3 is 5.69 Å². The molecule has 0 saturated carbocycles. The van der Waals surface area contributed by atoms with Crippen LogP contribution in [-0.4, -0.2) is 14.2 Å². The second kappa shape index (κ2) is 3.69. The maximum Gasteiger partial charge on any atom is 0.333 e. The Bertz CT molecular complexity index is 456. The van der Waals surface area contributed by atoms with E-state index in [1.165, 1.54) is 11.5 Å². The predicted octanol–water partition coefficient (Wildman–Crippen LogP) is 0.0638. The first kappa shape index (κ1) is 10.6. The van der Waals surface area contributed by atoms with Crippen LogP contribution in [0.2, 0.25) is 0 Å². The van der Waals surface area contributed by atoms with Gasteiger partial charge in [0, 0.05) is 13.1 Å². The maximum atomic E-state index is 11.6. The highest BCUT2D eigenvalue weighted by molar-refractivity contribution is 5.20. The number of hydrogen-bond acceptors (Lipinski definition) is 3. The molecule has 0 unspecified atom stereocenters. The lowest BCUT2D eigenvalue weighted by molar-refractivity contribution is 0.390. The molecule has 0 aliphatic rings. The Morgan fingerprint density at radius 1 is 1.14 bits per heavy atom. The molecule has 1 N–H and O–H groups in total. The van der Waals surface area contributed by atoms with Gasteiger partial charge in [0.2, 0.25) is 5.88 Å². The molecule has 1 aromatic rings. The summed E-state index contributed by atoms with van der Waals surface area (Å²) in [6.45, 7) is 5.64. The molecule has 0 atom stereocenters. The van der Waals surface area contributed by atoms with Gasteiger partial charge in [-0.2, -0.15) is 0 Å². The average Bonchev–Trinajstić information content (AvgIpc) is 2.16. The van der Waals surface area contributed by atoms with Crippen LogP contribution in [0.3, 0.4) is 0 Å². The van der Waals surface area contributed by atoms with Gasteiger partial charge in [0.15, 0.2) is 0 Å². The van der Waals surface area contributed by atoms with Gasteiger partial charge in [0.25, 0.3) is 5.56 Å². The summed E-state index contributed by atoms with van der Waals surface area (Å²) in [6, 6.07) is 0. The highest BCUT2D eigenvalue weighted by Crippen LogP contribution is 2.07. The van der Waals surface area contributed by atoms with Gasteiger partial charge in [-0.1, -0.05) is 0 Å². The third-order valence-corrected chi connectivity index (χ3v) is 2.25. The Kier molecular flexibility index (Phi) is 2.78. The van der Waals surface area contributed by atoms with Crippen molar-refractivity contribution >= 4 is 0 Å². The molecule has 5 nitrogen and oxygen atoms in total. The lowest BCUT2D eigenvalue weighted by atomic mass is 10.3. The summed E-state index contributed by atoms with van der Waals surface area (Å²) in [4.78, 5) is 23.1. The van der Waals surface area contributed by atoms with E-state index in [0.29, 0.717) is 13.1 Å². The van der Waals surface area contributed by atoms with Crippen molar-refractivity contribution in [3.8, 4) is 5.88 Å². The Balaban J connectivity index is 3.74. The molecule has 14 heavy (non-hydrogen) atoms. The molecule has 78 valence electrons. The molecule has 1 aromatic heterocycles. The molecule has 0 aliphatic heterocycles. The minimum Gasteiger partial charge on any atom is -0.494 e. The first-order valence-corrected chi connectivity index (χ1v) is 4.57. The summed E-state index contributed by atoms with van der Waals surface area (Å²) in [7, 11) is 0. The third kappa shape index (κ3) is 1.34. The molecule has 5 heteroatoms. The Morgan fingerprint density at radius 3 is 2.07 bits per heavy atom. The van der Waals surface area contributed by atoms with Gasteiger partial charge < -0.3 is 5.11 Å². The molecular formula is C9H14N2O3. The Labute approximate surface area is 81.2 Å². The fourth-order valence-electron chi connectivity index (χ4n) is 1.39. The molecule has 0 amide bonds. The van der Waals surface area contributed by atoms with Crippen LogP contribution in [0.5, 0.6) is 5.88 Å². The van der Waals surface area contributed by atoms with E-state index in [1.54, 1.807) is 13.8 Å². The van der Waals surface area contributed by atoms with E-state index in [9.17, 15) is 14.7 Å². The zero-order valence-corrected chi connectivity index (χ0v) is 8.57. The second-order valence-electron chi connectivity index (χ2n) is 3.02. The lowest BCUT2D eigenvalue weighted by Crippen LogP contribution is -2.40. The van der Waals surface area contributed by atoms with Crippen molar-refractivity contribution in [1.29, 1.82) is 0 Å². The van der Waals surface area contributed by atoms with Crippen molar-refractivity contribution < 1.29 is 5.11 Å². The van der Waals surface area contributed by atoms with E-state index in [-0.39, 0.29) is 11.4 Å². The topological polar surface area (TPSA) is 64.2 Å². The minimum atomic E-state index is -0.455. The summed E-state index contributed by atoms with van der Waals surface area (Å²) in [5.74, 6) is -0.229. The van der Waals surface area contributed by atoms with Gasteiger partial charge in [-0.05, 0) is 20.8 Å². The Hall–Kier alpha value is -1.52. The predicted molar refractivity (Wildman–Crippen MR) is 52.7 cm³/mol. The fraction of sp³-hybridized carbons (Fsp3) is 0.556. The summed E-state index contributed by atoms with van der Waals surface area (Å²) in [6.07, 6.45) is 0. The van der Waals surface area contributed by atoms with Crippen molar-refractivity contribution in [2.24, 2.45) is 0 Å². The fourth-order valence-corrected chi connectivity index (χ4v) is 1.39. The van der Waals surface area contributed by atoms with Crippen LogP contribution in [0, 0.1) is 6.92 Å². The minimum absolute atomic E-state index is 0.216. The summed E-state index contributed by atoms with van der Waals surface area (Å²) < 4.78 is 2.29. The van der Waals surface area contributed by atoms with E-state index in [2.05, 4.69) is 0 Å². The van der Waals surface area contributed by atoms with Crippen LogP contribution in [0.4, 0.5) is 0 Å². The molecule has 0 aliphatic carbocycles. The van der Waals surface area contributed by atoms with Crippen LogP contribution in [0.15, 0.2) is 9.59 Å². The van der Waals surface area contributed by atoms with Gasteiger partial charge in [-0.15, -0.1) is 0 Å². The molecule has 1 heterocycles. The molecule has 1 rings (SSSR count). The van der Waals surface area contributed by atoms with Crippen molar-refractivity contribution in [2.45, 2.75) is 33.9 Å². The Morgan fingerprint density at radius 2 is 1.64 bits per heavy atom. The van der Waals surface area contributed by atoms with Crippen LogP contribution >= 0.6 is 0 Å². The number of aromatic hydroxyl groups is 1. The lowest BCUT2D eigenvalue weighted by Gasteiger charge is -2.10. The highest BCUT2D eigenvalue weighted by atomic mass is 16.3. The number of nitrogens with zero attached hydrogens (tertiary/aromatic N) is 2. The van der Waals surface area contributed by atoms with E-state index >= 15 is 0 Å². The largest absolute Gasteiger partial charge is 0.494 e. The molecule has 0 aromatic carbocycles. The van der Waals surface area contributed by atoms with Crippen molar-refractivity contribution in [3.05, 3.63) is 26.4 Å². The molecule has 0 saturated heterocycles. The zero-order valence-electron chi connectivity index (χ0n) is 8.57. The molecule has 0 bridgehead atoms. The standard InChI is InChI=1S/C9H14N2O3/c1-4-10-7(12)6(3)8(13)11(5-2)9(10)14/h12H,4-5H2,1-3H3. The molecule has 0 fully saturated rings. The maximum absolute atomic E-state index is 11.6. The zero-order chi connectivity index (χ0) is 10.9. The summed E-state index contributed by atoms with van der Waals surface area (Å²) in [5, 5.41) is 9.53. The van der Waals surface area contributed by atoms with Crippen molar-refractivity contribution in [1.82, 2.24) is 9.13 Å². The first-order chi connectivity index (χ1) is 6.54. The van der Waals surface area contributed by atoms with Crippen LogP contribution in [-0.2, 0) is 13.1 Å². The monoisotopic (exact) mass is 198 g/mol. The van der Waals surface area contributed by atoms with E-state index in [4.69, 9.17) is 0 Å². The first-order valence-electron chi connectivity index (χ1n) is 4.57. The quantitative estimate of drug-likeness (QED) is 0.731. The van der Waals surface area contributed by atoms with E-state index in [0.717, 1.165) is 4.57 Å². The van der Waals surface area contributed by atoms with Crippen LogP contribution in [0.1, 0.15) is 19.4 Å². The van der Waals surface area contributed by atoms with Gasteiger partial charge in [-0.3, -0.25) is 13.9 Å². The highest BCUT2D eigenvalue weighted by Gasteiger charge is 2.12. The molecule has 0 spiro atoms. The average molecular weight is 198 g/mol. The van der Waals surface area contributed by atoms with Gasteiger partial charge in [-0.25, -0.2) is 4.79 Å². The number of hydrogen-bond donors (Lipinski definition) is 1. The van der Waals surface area contributed by atoms with E-state index in [1.807, 2.05) is 0 Å². The third-order valence-electron chi connectivity index (χ3n) is 2.25. The van der Waals surface area contributed by atoms with Gasteiger partial charge in [0.1, 0.15) is 0 Å². The van der Waals surface area contributed by atoms with Crippen LogP contribution < -0.4 is 11.2 Å². The number of aromatic nitrogens is 2. The summed E-state index contributed by atoms with van der Waals surface area (Å²) >= 11 is 0. The number of rotatable bonds is 2. The normalized spacial score (nSPS) is 10.5. The van der Waals surface area contributed by atoms with Gasteiger partial charge in [0.05, 0.1) is 5.56 Å². The molecule has 0 radical (unpaired) electrons. The SMILES string of the molecule is CCn1c(O)c(C)c(=O)n(CC)c1=O. The molecular weight excluding hydrogens is 184 g/mol. The van der Waals surface area contributed by atoms with E-state index < -0.39 is 11.2 Å². The van der Waals surface area contributed by atoms with Crippen LogP contribution in [0.25, 0.3) is 0 Å². The van der Waals surface area contributed by atoms with Crippen molar-refractivity contribution in [2.75, 3.05) is 0 Å². The summed E-state index contributed by atoms with van der Waals surface area (Å²) in [5.41, 5.74) is -0.656. The van der Waals surface area contributed by atoms with Crippen molar-refractivity contribution in [3.63, 3.8) is 0 Å². The smallest absolute Gasteiger partial charge is 0.333 e.